The molecule has 4 nitrogen and oxygen atoms in total. The van der Waals surface area contributed by atoms with Gasteiger partial charge in [-0.05, 0) is 60.0 Å². The van der Waals surface area contributed by atoms with Gasteiger partial charge in [0, 0.05) is 0 Å². The van der Waals surface area contributed by atoms with Gasteiger partial charge in [0.15, 0.2) is 0 Å². The molecule has 4 heteroatoms. The van der Waals surface area contributed by atoms with E-state index < -0.39 is 0 Å². The minimum absolute atomic E-state index is 0.593. The van der Waals surface area contributed by atoms with Crippen LogP contribution in [0.4, 0.5) is 0 Å². The topological polar surface area (TPSA) is 36.9 Å². The predicted octanol–water partition coefficient (Wildman–Crippen LogP) is 6.47. The van der Waals surface area contributed by atoms with Crippen molar-refractivity contribution < 1.29 is 18.9 Å². The van der Waals surface area contributed by atoms with Gasteiger partial charge in [0.2, 0.25) is 0 Å². The minimum atomic E-state index is 0.593. The van der Waals surface area contributed by atoms with E-state index in [2.05, 4.69) is 24.3 Å². The third kappa shape index (κ3) is 3.28. The molecule has 0 saturated heterocycles. The third-order valence-corrected chi connectivity index (χ3v) is 5.26. The van der Waals surface area contributed by atoms with Gasteiger partial charge in [0.05, 0.1) is 38.2 Å². The van der Waals surface area contributed by atoms with Crippen molar-refractivity contribution in [3.63, 3.8) is 0 Å². The smallest absolute Gasteiger partial charge is 0.130 e. The molecular formula is C26H26O4. The summed E-state index contributed by atoms with van der Waals surface area (Å²) in [5.74, 6) is 3.24. The van der Waals surface area contributed by atoms with Gasteiger partial charge in [-0.3, -0.25) is 0 Å². The van der Waals surface area contributed by atoms with Gasteiger partial charge in [-0.1, -0.05) is 36.4 Å². The molecule has 0 bridgehead atoms. The quantitative estimate of drug-likeness (QED) is 0.355. The monoisotopic (exact) mass is 402 g/mol. The standard InChI is InChI=1S/C26H26O4/c1-5-29-23-15-13-17(19-9-7-11-21(27-3)25(19)23)18-14-16-24(30-6-2)26-20(18)10-8-12-22(26)28-4/h7-16H,5-6H2,1-4H3. The van der Waals surface area contributed by atoms with Gasteiger partial charge in [0.1, 0.15) is 23.0 Å². The van der Waals surface area contributed by atoms with Crippen molar-refractivity contribution in [2.75, 3.05) is 27.4 Å². The molecule has 4 aromatic carbocycles. The van der Waals surface area contributed by atoms with Crippen LogP contribution in [0.1, 0.15) is 13.8 Å². The van der Waals surface area contributed by atoms with Crippen molar-refractivity contribution >= 4 is 21.5 Å². The van der Waals surface area contributed by atoms with Crippen LogP contribution < -0.4 is 18.9 Å². The lowest BCUT2D eigenvalue weighted by Crippen LogP contribution is -1.97. The molecule has 0 spiro atoms. The number of hydrogen-bond acceptors (Lipinski definition) is 4. The van der Waals surface area contributed by atoms with Crippen LogP contribution in [0, 0.1) is 0 Å². The van der Waals surface area contributed by atoms with Crippen LogP contribution in [0.2, 0.25) is 0 Å². The van der Waals surface area contributed by atoms with Gasteiger partial charge in [-0.25, -0.2) is 0 Å². The van der Waals surface area contributed by atoms with E-state index in [0.717, 1.165) is 55.7 Å². The molecule has 154 valence electrons. The lowest BCUT2D eigenvalue weighted by atomic mass is 9.92. The molecule has 30 heavy (non-hydrogen) atoms. The summed E-state index contributed by atoms with van der Waals surface area (Å²) in [5, 5.41) is 4.11. The summed E-state index contributed by atoms with van der Waals surface area (Å²) < 4.78 is 23.1. The van der Waals surface area contributed by atoms with Crippen LogP contribution in [0.3, 0.4) is 0 Å². The molecule has 0 aliphatic heterocycles. The number of methoxy groups -OCH3 is 2. The van der Waals surface area contributed by atoms with E-state index in [1.165, 1.54) is 0 Å². The fraction of sp³-hybridized carbons (Fsp3) is 0.231. The van der Waals surface area contributed by atoms with Crippen molar-refractivity contribution in [3.8, 4) is 34.1 Å². The van der Waals surface area contributed by atoms with Crippen molar-refractivity contribution in [2.45, 2.75) is 13.8 Å². The highest BCUT2D eigenvalue weighted by Gasteiger charge is 2.17. The first-order valence-electron chi connectivity index (χ1n) is 10.2. The summed E-state index contributed by atoms with van der Waals surface area (Å²) in [6, 6.07) is 20.4. The molecule has 0 atom stereocenters. The number of benzene rings is 4. The summed E-state index contributed by atoms with van der Waals surface area (Å²) in [6.45, 7) is 5.16. The summed E-state index contributed by atoms with van der Waals surface area (Å²) in [7, 11) is 3.38. The summed E-state index contributed by atoms with van der Waals surface area (Å²) in [6.07, 6.45) is 0. The highest BCUT2D eigenvalue weighted by Crippen LogP contribution is 2.44. The minimum Gasteiger partial charge on any atom is -0.496 e. The first kappa shape index (κ1) is 19.9. The zero-order valence-corrected chi connectivity index (χ0v) is 17.8. The van der Waals surface area contributed by atoms with Crippen LogP contribution in [0.5, 0.6) is 23.0 Å². The highest BCUT2D eigenvalue weighted by molar-refractivity contribution is 6.11. The first-order chi connectivity index (χ1) is 14.7. The number of hydrogen-bond donors (Lipinski definition) is 0. The van der Waals surface area contributed by atoms with Gasteiger partial charge < -0.3 is 18.9 Å². The Kier molecular flexibility index (Phi) is 5.66. The number of rotatable bonds is 7. The molecule has 0 heterocycles. The fourth-order valence-corrected chi connectivity index (χ4v) is 4.05. The lowest BCUT2D eigenvalue weighted by molar-refractivity contribution is 0.342. The molecule has 0 aromatic heterocycles. The first-order valence-corrected chi connectivity index (χ1v) is 10.2. The van der Waals surface area contributed by atoms with E-state index in [1.807, 2.05) is 50.2 Å². The van der Waals surface area contributed by atoms with Crippen molar-refractivity contribution in [3.05, 3.63) is 60.7 Å². The van der Waals surface area contributed by atoms with Gasteiger partial charge in [-0.2, -0.15) is 0 Å². The molecular weight excluding hydrogens is 376 g/mol. The molecule has 0 aliphatic carbocycles. The van der Waals surface area contributed by atoms with Gasteiger partial charge in [0.25, 0.3) is 0 Å². The molecule has 0 amide bonds. The highest BCUT2D eigenvalue weighted by atomic mass is 16.5. The van der Waals surface area contributed by atoms with E-state index in [1.54, 1.807) is 14.2 Å². The fourth-order valence-electron chi connectivity index (χ4n) is 4.05. The van der Waals surface area contributed by atoms with Crippen LogP contribution in [0.25, 0.3) is 32.7 Å². The second-order valence-electron chi connectivity index (χ2n) is 6.85. The number of fused-ring (bicyclic) bond motifs is 2. The molecule has 0 saturated carbocycles. The third-order valence-electron chi connectivity index (χ3n) is 5.26. The van der Waals surface area contributed by atoms with E-state index in [4.69, 9.17) is 18.9 Å². The molecule has 4 aromatic rings. The lowest BCUT2D eigenvalue weighted by Gasteiger charge is -2.18. The van der Waals surface area contributed by atoms with Gasteiger partial charge >= 0.3 is 0 Å². The van der Waals surface area contributed by atoms with Crippen LogP contribution >= 0.6 is 0 Å². The Bertz CT molecular complexity index is 1100. The second-order valence-corrected chi connectivity index (χ2v) is 6.85. The normalized spacial score (nSPS) is 10.9. The summed E-state index contributed by atoms with van der Waals surface area (Å²) >= 11 is 0. The van der Waals surface area contributed by atoms with Crippen molar-refractivity contribution in [2.24, 2.45) is 0 Å². The maximum absolute atomic E-state index is 5.91. The summed E-state index contributed by atoms with van der Waals surface area (Å²) in [4.78, 5) is 0. The zero-order chi connectivity index (χ0) is 21.1. The molecule has 0 N–H and O–H groups in total. The average molecular weight is 402 g/mol. The molecule has 0 radical (unpaired) electrons. The molecule has 0 aliphatic rings. The molecule has 4 rings (SSSR count). The van der Waals surface area contributed by atoms with Gasteiger partial charge in [-0.15, -0.1) is 0 Å². The van der Waals surface area contributed by atoms with Crippen LogP contribution in [-0.4, -0.2) is 27.4 Å². The van der Waals surface area contributed by atoms with Crippen molar-refractivity contribution in [1.29, 1.82) is 0 Å². The average Bonchev–Trinajstić information content (AvgIpc) is 2.79. The summed E-state index contributed by atoms with van der Waals surface area (Å²) in [5.41, 5.74) is 2.21. The molecule has 0 unspecified atom stereocenters. The van der Waals surface area contributed by atoms with Crippen LogP contribution in [-0.2, 0) is 0 Å². The largest absolute Gasteiger partial charge is 0.496 e. The van der Waals surface area contributed by atoms with Crippen LogP contribution in [0.15, 0.2) is 60.7 Å². The Morgan fingerprint density at radius 1 is 0.533 bits per heavy atom. The SMILES string of the molecule is CCOc1ccc(-c2ccc(OCC)c3c(OC)cccc23)c2cccc(OC)c12. The Morgan fingerprint density at radius 3 is 1.33 bits per heavy atom. The second kappa shape index (κ2) is 8.54. The maximum atomic E-state index is 5.91. The predicted molar refractivity (Wildman–Crippen MR) is 122 cm³/mol. The van der Waals surface area contributed by atoms with E-state index in [0.29, 0.717) is 13.2 Å². The van der Waals surface area contributed by atoms with E-state index in [9.17, 15) is 0 Å². The Hall–Kier alpha value is -3.40. The Labute approximate surface area is 176 Å². The maximum Gasteiger partial charge on any atom is 0.130 e. The Balaban J connectivity index is 2.07. The van der Waals surface area contributed by atoms with E-state index in [-0.39, 0.29) is 0 Å². The zero-order valence-electron chi connectivity index (χ0n) is 17.8. The van der Waals surface area contributed by atoms with Crippen molar-refractivity contribution in [1.82, 2.24) is 0 Å². The molecule has 0 fully saturated rings. The van der Waals surface area contributed by atoms with E-state index >= 15 is 0 Å². The number of ether oxygens (including phenoxy) is 4. The Morgan fingerprint density at radius 2 is 0.967 bits per heavy atom.